The van der Waals surface area contributed by atoms with E-state index in [0.717, 1.165) is 32.1 Å². The van der Waals surface area contributed by atoms with Crippen LogP contribution < -0.4 is 0 Å². The Hall–Kier alpha value is -1.09. The summed E-state index contributed by atoms with van der Waals surface area (Å²) in [5.74, 6) is 0.0918. The quantitative estimate of drug-likeness (QED) is 0.588. The first-order chi connectivity index (χ1) is 10.5. The lowest BCUT2D eigenvalue weighted by Crippen LogP contribution is -2.39. The van der Waals surface area contributed by atoms with E-state index in [1.165, 1.54) is 12.0 Å². The maximum absolute atomic E-state index is 12.1. The molecule has 1 aliphatic rings. The monoisotopic (exact) mass is 308 g/mol. The van der Waals surface area contributed by atoms with Gasteiger partial charge in [-0.1, -0.05) is 63.8 Å². The second kappa shape index (κ2) is 9.14. The van der Waals surface area contributed by atoms with Gasteiger partial charge in [-0.25, -0.2) is 0 Å². The van der Waals surface area contributed by atoms with Crippen molar-refractivity contribution in [1.82, 2.24) is 0 Å². The standard InChI is InChI=1S/C19H32O3/c1-5-17-16(11-14-22-4)10-8-13-19(17,18(20)21)12-7-6-9-15(2)3/h8,10,13,15,17H,5-7,9,11-12,14H2,1-4H3,(H,20,21). The summed E-state index contributed by atoms with van der Waals surface area (Å²) in [5.41, 5.74) is 0.488. The molecule has 1 aliphatic carbocycles. The van der Waals surface area contributed by atoms with Crippen LogP contribution in [0.2, 0.25) is 0 Å². The molecule has 0 heterocycles. The Balaban J connectivity index is 2.84. The van der Waals surface area contributed by atoms with Gasteiger partial charge in [0.25, 0.3) is 0 Å². The molecular formula is C19H32O3. The second-order valence-electron chi connectivity index (χ2n) is 6.79. The van der Waals surface area contributed by atoms with E-state index in [9.17, 15) is 9.90 Å². The first-order valence-electron chi connectivity index (χ1n) is 8.58. The van der Waals surface area contributed by atoms with Crippen LogP contribution in [0, 0.1) is 17.3 Å². The zero-order valence-corrected chi connectivity index (χ0v) is 14.6. The minimum Gasteiger partial charge on any atom is -0.481 e. The molecule has 126 valence electrons. The van der Waals surface area contributed by atoms with Gasteiger partial charge in [0.1, 0.15) is 0 Å². The van der Waals surface area contributed by atoms with Crippen molar-refractivity contribution in [2.75, 3.05) is 13.7 Å². The van der Waals surface area contributed by atoms with Crippen LogP contribution in [0.15, 0.2) is 23.8 Å². The van der Waals surface area contributed by atoms with Gasteiger partial charge >= 0.3 is 5.97 Å². The first-order valence-corrected chi connectivity index (χ1v) is 8.58. The summed E-state index contributed by atoms with van der Waals surface area (Å²) in [4.78, 5) is 12.1. The van der Waals surface area contributed by atoms with Gasteiger partial charge < -0.3 is 9.84 Å². The second-order valence-corrected chi connectivity index (χ2v) is 6.79. The van der Waals surface area contributed by atoms with E-state index >= 15 is 0 Å². The zero-order chi connectivity index (χ0) is 16.6. The Bertz CT molecular complexity index is 409. The number of unbranched alkanes of at least 4 members (excludes halogenated alkanes) is 1. The third-order valence-corrected chi connectivity index (χ3v) is 4.80. The fraction of sp³-hybridized carbons (Fsp3) is 0.737. The Labute approximate surface area is 135 Å². The highest BCUT2D eigenvalue weighted by atomic mass is 16.5. The smallest absolute Gasteiger partial charge is 0.314 e. The topological polar surface area (TPSA) is 46.5 Å². The molecule has 0 aromatic carbocycles. The molecule has 0 bridgehead atoms. The van der Waals surface area contributed by atoms with Crippen LogP contribution in [0.5, 0.6) is 0 Å². The van der Waals surface area contributed by atoms with Crippen molar-refractivity contribution in [1.29, 1.82) is 0 Å². The largest absolute Gasteiger partial charge is 0.481 e. The SMILES string of the molecule is CCC1C(CCOC)=CC=CC1(CCCCC(C)C)C(=O)O. The highest BCUT2D eigenvalue weighted by Gasteiger charge is 2.44. The van der Waals surface area contributed by atoms with E-state index in [0.29, 0.717) is 12.5 Å². The van der Waals surface area contributed by atoms with Gasteiger partial charge in [-0.3, -0.25) is 4.79 Å². The van der Waals surface area contributed by atoms with Crippen molar-refractivity contribution < 1.29 is 14.6 Å². The van der Waals surface area contributed by atoms with E-state index in [1.54, 1.807) is 7.11 Å². The van der Waals surface area contributed by atoms with E-state index < -0.39 is 11.4 Å². The molecular weight excluding hydrogens is 276 g/mol. The molecule has 2 unspecified atom stereocenters. The molecule has 1 rings (SSSR count). The van der Waals surface area contributed by atoms with Gasteiger partial charge in [0.2, 0.25) is 0 Å². The molecule has 0 aromatic heterocycles. The van der Waals surface area contributed by atoms with Gasteiger partial charge in [-0.2, -0.15) is 0 Å². The number of ether oxygens (including phenoxy) is 1. The molecule has 0 spiro atoms. The van der Waals surface area contributed by atoms with Crippen LogP contribution in [-0.4, -0.2) is 24.8 Å². The van der Waals surface area contributed by atoms with Crippen molar-refractivity contribution in [2.24, 2.45) is 17.3 Å². The lowest BCUT2D eigenvalue weighted by molar-refractivity contribution is -0.149. The van der Waals surface area contributed by atoms with Crippen molar-refractivity contribution in [2.45, 2.75) is 59.3 Å². The zero-order valence-electron chi connectivity index (χ0n) is 14.6. The van der Waals surface area contributed by atoms with Crippen molar-refractivity contribution in [3.05, 3.63) is 23.8 Å². The van der Waals surface area contributed by atoms with Crippen LogP contribution in [0.25, 0.3) is 0 Å². The minimum atomic E-state index is -0.733. The van der Waals surface area contributed by atoms with Crippen molar-refractivity contribution >= 4 is 5.97 Å². The normalized spacial score (nSPS) is 24.6. The lowest BCUT2D eigenvalue weighted by Gasteiger charge is -2.38. The number of carbonyl (C=O) groups is 1. The minimum absolute atomic E-state index is 0.0872. The number of hydrogen-bond donors (Lipinski definition) is 1. The number of carboxylic acids is 1. The van der Waals surface area contributed by atoms with Crippen molar-refractivity contribution in [3.8, 4) is 0 Å². The predicted molar refractivity (Wildman–Crippen MR) is 90.9 cm³/mol. The molecule has 0 fully saturated rings. The molecule has 0 radical (unpaired) electrons. The molecule has 0 amide bonds. The molecule has 0 saturated carbocycles. The van der Waals surface area contributed by atoms with Crippen LogP contribution in [0.1, 0.15) is 59.3 Å². The third kappa shape index (κ3) is 4.70. The fourth-order valence-corrected chi connectivity index (χ4v) is 3.57. The average molecular weight is 308 g/mol. The van der Waals surface area contributed by atoms with Gasteiger partial charge in [-0.05, 0) is 31.1 Å². The van der Waals surface area contributed by atoms with E-state index in [-0.39, 0.29) is 5.92 Å². The van der Waals surface area contributed by atoms with Crippen LogP contribution >= 0.6 is 0 Å². The van der Waals surface area contributed by atoms with Gasteiger partial charge in [0.15, 0.2) is 0 Å². The van der Waals surface area contributed by atoms with Crippen LogP contribution in [0.4, 0.5) is 0 Å². The summed E-state index contributed by atoms with van der Waals surface area (Å²) in [6.45, 7) is 7.18. The summed E-state index contributed by atoms with van der Waals surface area (Å²) in [5, 5.41) is 9.93. The van der Waals surface area contributed by atoms with Crippen molar-refractivity contribution in [3.63, 3.8) is 0 Å². The maximum atomic E-state index is 12.1. The maximum Gasteiger partial charge on any atom is 0.314 e. The number of methoxy groups -OCH3 is 1. The van der Waals surface area contributed by atoms with Gasteiger partial charge in [-0.15, -0.1) is 0 Å². The molecule has 2 atom stereocenters. The summed E-state index contributed by atoms with van der Waals surface area (Å²) in [6, 6.07) is 0. The summed E-state index contributed by atoms with van der Waals surface area (Å²) >= 11 is 0. The highest BCUT2D eigenvalue weighted by Crippen LogP contribution is 2.45. The lowest BCUT2D eigenvalue weighted by atomic mass is 9.64. The number of allylic oxidation sites excluding steroid dienone is 2. The van der Waals surface area contributed by atoms with Gasteiger partial charge in [0, 0.05) is 13.7 Å². The molecule has 3 heteroatoms. The first kappa shape index (κ1) is 19.0. The van der Waals surface area contributed by atoms with Crippen LogP contribution in [-0.2, 0) is 9.53 Å². The summed E-state index contributed by atoms with van der Waals surface area (Å²) < 4.78 is 5.18. The molecule has 3 nitrogen and oxygen atoms in total. The fourth-order valence-electron chi connectivity index (χ4n) is 3.57. The average Bonchev–Trinajstić information content (AvgIpc) is 2.48. The third-order valence-electron chi connectivity index (χ3n) is 4.80. The van der Waals surface area contributed by atoms with E-state index in [2.05, 4.69) is 26.8 Å². The molecule has 22 heavy (non-hydrogen) atoms. The summed E-state index contributed by atoms with van der Waals surface area (Å²) in [7, 11) is 1.69. The Kier molecular flexibility index (Phi) is 7.88. The molecule has 1 N–H and O–H groups in total. The molecule has 0 aromatic rings. The number of rotatable bonds is 10. The number of hydrogen-bond acceptors (Lipinski definition) is 2. The van der Waals surface area contributed by atoms with Crippen LogP contribution in [0.3, 0.4) is 0 Å². The van der Waals surface area contributed by atoms with E-state index in [1.807, 2.05) is 12.2 Å². The number of aliphatic carboxylic acids is 1. The summed E-state index contributed by atoms with van der Waals surface area (Å²) in [6.07, 6.45) is 11.6. The Morgan fingerprint density at radius 1 is 1.41 bits per heavy atom. The van der Waals surface area contributed by atoms with E-state index in [4.69, 9.17) is 4.74 Å². The predicted octanol–water partition coefficient (Wildman–Crippen LogP) is 4.83. The highest BCUT2D eigenvalue weighted by molar-refractivity contribution is 5.78. The molecule has 0 aliphatic heterocycles. The Morgan fingerprint density at radius 2 is 2.14 bits per heavy atom. The Morgan fingerprint density at radius 3 is 2.68 bits per heavy atom. The molecule has 0 saturated heterocycles. The number of carboxylic acid groups (broad SMARTS) is 1. The van der Waals surface area contributed by atoms with Gasteiger partial charge in [0.05, 0.1) is 5.41 Å².